The van der Waals surface area contributed by atoms with E-state index in [9.17, 15) is 22.8 Å². The van der Waals surface area contributed by atoms with Crippen LogP contribution in [0.3, 0.4) is 0 Å². The number of hydrogen-bond acceptors (Lipinski definition) is 7. The molecule has 4 heterocycles. The first-order chi connectivity index (χ1) is 21.2. The van der Waals surface area contributed by atoms with E-state index in [-0.39, 0.29) is 43.5 Å². The maximum Gasteiger partial charge on any atom is 0.416 e. The van der Waals surface area contributed by atoms with E-state index in [0.717, 1.165) is 44.0 Å². The first kappa shape index (κ1) is 31.6. The average molecular weight is 624 g/mol. The maximum absolute atomic E-state index is 14.5. The summed E-state index contributed by atoms with van der Waals surface area (Å²) in [5.41, 5.74) is -0.0776. The summed E-state index contributed by atoms with van der Waals surface area (Å²) in [5, 5.41) is 0. The van der Waals surface area contributed by atoms with Crippen LogP contribution in [0.5, 0.6) is 0 Å². The molecule has 1 aromatic carbocycles. The van der Waals surface area contributed by atoms with Gasteiger partial charge in [-0.25, -0.2) is 4.79 Å². The Morgan fingerprint density at radius 3 is 2.66 bits per heavy atom. The van der Waals surface area contributed by atoms with Gasteiger partial charge in [0.1, 0.15) is 6.61 Å². The summed E-state index contributed by atoms with van der Waals surface area (Å²) in [6, 6.07) is 3.84. The maximum atomic E-state index is 14.5. The van der Waals surface area contributed by atoms with Gasteiger partial charge in [0.25, 0.3) is 0 Å². The first-order valence-electron chi connectivity index (χ1n) is 16.0. The van der Waals surface area contributed by atoms with Gasteiger partial charge in [0, 0.05) is 59.5 Å². The Morgan fingerprint density at radius 1 is 1.07 bits per heavy atom. The molecule has 2 amide bonds. The third kappa shape index (κ3) is 6.59. The van der Waals surface area contributed by atoms with Gasteiger partial charge in [-0.3, -0.25) is 9.69 Å². The Kier molecular flexibility index (Phi) is 9.43. The van der Waals surface area contributed by atoms with Crippen molar-refractivity contribution in [3.05, 3.63) is 34.9 Å². The Bertz CT molecular complexity index is 1190. The number of likely N-dealkylation sites (tertiary alicyclic amines) is 1. The van der Waals surface area contributed by atoms with Crippen molar-refractivity contribution in [1.29, 1.82) is 0 Å². The normalized spacial score (nSPS) is 31.1. The molecule has 244 valence electrons. The number of carbonyl (C=O) groups excluding carboxylic acids is 2. The Balaban J connectivity index is 1.17. The molecule has 9 nitrogen and oxygen atoms in total. The molecule has 0 spiro atoms. The van der Waals surface area contributed by atoms with Gasteiger partial charge in [-0.2, -0.15) is 13.2 Å². The molecule has 1 aliphatic carbocycles. The summed E-state index contributed by atoms with van der Waals surface area (Å²) in [7, 11) is 1.71. The van der Waals surface area contributed by atoms with Crippen LogP contribution in [-0.4, -0.2) is 112 Å². The minimum absolute atomic E-state index is 0.0233. The SMILES string of the molecule is COC1COCCC1C[C@@H]1C[C@H]2CN(C(=O)OCCN3CCOCC3)C[C@@]2(C(=O)N2CCc3ccc(C(F)(F)F)cc3C2)C1. The summed E-state index contributed by atoms with van der Waals surface area (Å²) in [5.74, 6) is 0.550. The number of amides is 2. The van der Waals surface area contributed by atoms with Gasteiger partial charge in [0.15, 0.2) is 0 Å². The summed E-state index contributed by atoms with van der Waals surface area (Å²) < 4.78 is 62.8. The Labute approximate surface area is 256 Å². The number of methoxy groups -OCH3 is 1. The molecular formula is C32H44F3N3O6. The lowest BCUT2D eigenvalue weighted by molar-refractivity contribution is -0.144. The molecule has 3 saturated heterocycles. The molecule has 1 saturated carbocycles. The van der Waals surface area contributed by atoms with Crippen molar-refractivity contribution < 1.29 is 41.7 Å². The zero-order chi connectivity index (χ0) is 30.9. The van der Waals surface area contributed by atoms with Crippen LogP contribution in [0.25, 0.3) is 0 Å². The van der Waals surface area contributed by atoms with Crippen LogP contribution in [0.4, 0.5) is 18.0 Å². The number of fused-ring (bicyclic) bond motifs is 2. The molecule has 5 aliphatic rings. The number of morpholine rings is 1. The Morgan fingerprint density at radius 2 is 1.89 bits per heavy atom. The van der Waals surface area contributed by atoms with E-state index in [4.69, 9.17) is 18.9 Å². The highest BCUT2D eigenvalue weighted by Gasteiger charge is 2.60. The predicted octanol–water partition coefficient (Wildman–Crippen LogP) is 3.83. The lowest BCUT2D eigenvalue weighted by Crippen LogP contribution is -2.49. The molecule has 44 heavy (non-hydrogen) atoms. The van der Waals surface area contributed by atoms with Crippen LogP contribution in [0.15, 0.2) is 18.2 Å². The number of benzene rings is 1. The highest BCUT2D eigenvalue weighted by atomic mass is 19.4. The number of rotatable bonds is 7. The standard InChI is InChI=1S/C32H44F3N3O6/c1-41-28-20-43-10-5-24(28)14-22-15-27-19-38(30(40)44-13-9-36-7-11-42-12-8-36)21-31(27,17-22)29(39)37-6-4-23-2-3-26(32(33,34)35)16-25(23)18-37/h2-3,16,22,24,27-28H,4-15,17-21H2,1H3/t22-,24?,27+,28?,31+/m1/s1. The lowest BCUT2D eigenvalue weighted by atomic mass is 9.77. The molecule has 4 fully saturated rings. The van der Waals surface area contributed by atoms with Gasteiger partial charge in [-0.05, 0) is 73.1 Å². The molecule has 12 heteroatoms. The minimum Gasteiger partial charge on any atom is -0.448 e. The van der Waals surface area contributed by atoms with Crippen molar-refractivity contribution in [1.82, 2.24) is 14.7 Å². The third-order valence-corrected chi connectivity index (χ3v) is 10.6. The molecule has 0 radical (unpaired) electrons. The minimum atomic E-state index is -4.44. The van der Waals surface area contributed by atoms with E-state index < -0.39 is 23.2 Å². The monoisotopic (exact) mass is 623 g/mol. The van der Waals surface area contributed by atoms with E-state index in [2.05, 4.69) is 4.90 Å². The van der Waals surface area contributed by atoms with E-state index in [1.54, 1.807) is 16.9 Å². The molecule has 1 aromatic rings. The molecule has 6 rings (SSSR count). The molecule has 4 aliphatic heterocycles. The van der Waals surface area contributed by atoms with Crippen LogP contribution < -0.4 is 0 Å². The molecular weight excluding hydrogens is 579 g/mol. The van der Waals surface area contributed by atoms with Gasteiger partial charge in [-0.15, -0.1) is 0 Å². The fourth-order valence-corrected chi connectivity index (χ4v) is 8.27. The van der Waals surface area contributed by atoms with E-state index >= 15 is 0 Å². The molecule has 2 unspecified atom stereocenters. The number of alkyl halides is 3. The van der Waals surface area contributed by atoms with Crippen LogP contribution in [0.1, 0.15) is 42.4 Å². The van der Waals surface area contributed by atoms with Crippen molar-refractivity contribution in [2.75, 3.05) is 79.4 Å². The van der Waals surface area contributed by atoms with Crippen LogP contribution in [0.2, 0.25) is 0 Å². The summed E-state index contributed by atoms with van der Waals surface area (Å²) in [6.07, 6.45) is -1.01. The lowest BCUT2D eigenvalue weighted by Gasteiger charge is -2.38. The second kappa shape index (κ2) is 13.1. The quantitative estimate of drug-likeness (QED) is 0.457. The fourth-order valence-electron chi connectivity index (χ4n) is 8.27. The highest BCUT2D eigenvalue weighted by molar-refractivity contribution is 5.86. The van der Waals surface area contributed by atoms with Gasteiger partial charge >= 0.3 is 12.3 Å². The number of nitrogens with zero attached hydrogens (tertiary/aromatic N) is 3. The van der Waals surface area contributed by atoms with Crippen molar-refractivity contribution in [2.45, 2.75) is 50.9 Å². The summed E-state index contributed by atoms with van der Waals surface area (Å²) in [4.78, 5) is 33.4. The largest absolute Gasteiger partial charge is 0.448 e. The number of carbonyl (C=O) groups is 2. The van der Waals surface area contributed by atoms with Crippen molar-refractivity contribution in [2.24, 2.45) is 23.2 Å². The number of halogens is 3. The van der Waals surface area contributed by atoms with Gasteiger partial charge in [-0.1, -0.05) is 6.07 Å². The summed E-state index contributed by atoms with van der Waals surface area (Å²) in [6.45, 7) is 6.45. The zero-order valence-electron chi connectivity index (χ0n) is 25.5. The molecule has 0 bridgehead atoms. The van der Waals surface area contributed by atoms with Gasteiger partial charge < -0.3 is 28.7 Å². The smallest absolute Gasteiger partial charge is 0.416 e. The first-order valence-corrected chi connectivity index (χ1v) is 16.0. The van der Waals surface area contributed by atoms with Crippen LogP contribution in [0, 0.1) is 23.2 Å². The van der Waals surface area contributed by atoms with Crippen molar-refractivity contribution in [3.8, 4) is 0 Å². The molecule has 0 N–H and O–H groups in total. The van der Waals surface area contributed by atoms with E-state index in [1.807, 2.05) is 0 Å². The van der Waals surface area contributed by atoms with E-state index in [1.165, 1.54) is 12.1 Å². The van der Waals surface area contributed by atoms with Crippen LogP contribution in [-0.2, 0) is 42.9 Å². The summed E-state index contributed by atoms with van der Waals surface area (Å²) >= 11 is 0. The zero-order valence-corrected chi connectivity index (χ0v) is 25.5. The fraction of sp³-hybridized carbons (Fsp3) is 0.750. The van der Waals surface area contributed by atoms with Gasteiger partial charge in [0.2, 0.25) is 5.91 Å². The second-order valence-electron chi connectivity index (χ2n) is 13.2. The number of hydrogen-bond donors (Lipinski definition) is 0. The number of ether oxygens (including phenoxy) is 4. The molecule has 0 aromatic heterocycles. The van der Waals surface area contributed by atoms with Crippen LogP contribution >= 0.6 is 0 Å². The topological polar surface area (TPSA) is 80.8 Å². The molecule has 5 atom stereocenters. The van der Waals surface area contributed by atoms with E-state index in [0.29, 0.717) is 70.4 Å². The third-order valence-electron chi connectivity index (χ3n) is 10.6. The van der Waals surface area contributed by atoms with Crippen molar-refractivity contribution >= 4 is 12.0 Å². The highest BCUT2D eigenvalue weighted by Crippen LogP contribution is 2.54. The second-order valence-corrected chi connectivity index (χ2v) is 13.2. The van der Waals surface area contributed by atoms with Gasteiger partial charge in [0.05, 0.1) is 36.9 Å². The predicted molar refractivity (Wildman–Crippen MR) is 154 cm³/mol. The Hall–Kier alpha value is -2.41. The van der Waals surface area contributed by atoms with Crippen molar-refractivity contribution in [3.63, 3.8) is 0 Å². The average Bonchev–Trinajstić information content (AvgIpc) is 3.55.